The van der Waals surface area contributed by atoms with E-state index in [1.165, 1.54) is 32.3 Å². The average Bonchev–Trinajstić information content (AvgIpc) is 2.56. The monoisotopic (exact) mass is 384 g/mol. The number of hydrogen-bond acceptors (Lipinski definition) is 4. The van der Waals surface area contributed by atoms with Crippen molar-refractivity contribution < 1.29 is 26.7 Å². The summed E-state index contributed by atoms with van der Waals surface area (Å²) in [5.41, 5.74) is -0.236. The van der Waals surface area contributed by atoms with Gasteiger partial charge in [-0.1, -0.05) is 0 Å². The van der Waals surface area contributed by atoms with Crippen molar-refractivity contribution in [1.82, 2.24) is 4.31 Å². The topological polar surface area (TPSA) is 75.7 Å². The predicted octanol–water partition coefficient (Wildman–Crippen LogP) is 2.87. The van der Waals surface area contributed by atoms with E-state index >= 15 is 0 Å². The Morgan fingerprint density at radius 2 is 1.85 bits per heavy atom. The molecule has 0 radical (unpaired) electrons. The Hall–Kier alpha value is -2.52. The lowest BCUT2D eigenvalue weighted by Gasteiger charge is -2.16. The van der Waals surface area contributed by atoms with Crippen molar-refractivity contribution in [3.63, 3.8) is 0 Å². The smallest absolute Gasteiger partial charge is 0.258 e. The molecular formula is C17H18F2N2O4S. The Morgan fingerprint density at radius 3 is 2.42 bits per heavy atom. The summed E-state index contributed by atoms with van der Waals surface area (Å²) in [6.07, 6.45) is 0. The lowest BCUT2D eigenvalue weighted by Crippen LogP contribution is -2.23. The van der Waals surface area contributed by atoms with Crippen LogP contribution in [0.5, 0.6) is 5.75 Å². The second-order valence-electron chi connectivity index (χ2n) is 5.46. The van der Waals surface area contributed by atoms with E-state index in [0.29, 0.717) is 6.07 Å². The summed E-state index contributed by atoms with van der Waals surface area (Å²) in [6.45, 7) is 1.96. The fraction of sp³-hybridized carbons (Fsp3) is 0.235. The van der Waals surface area contributed by atoms with Crippen molar-refractivity contribution in [1.29, 1.82) is 0 Å². The van der Waals surface area contributed by atoms with E-state index < -0.39 is 27.6 Å². The highest BCUT2D eigenvalue weighted by Crippen LogP contribution is 2.29. The molecule has 0 saturated heterocycles. The molecule has 0 aliphatic heterocycles. The van der Waals surface area contributed by atoms with Crippen LogP contribution in [-0.2, 0) is 10.0 Å². The second kappa shape index (κ2) is 7.79. The van der Waals surface area contributed by atoms with E-state index in [1.54, 1.807) is 6.92 Å². The average molecular weight is 384 g/mol. The summed E-state index contributed by atoms with van der Waals surface area (Å²) in [5, 5.41) is 2.40. The zero-order chi connectivity index (χ0) is 19.5. The summed E-state index contributed by atoms with van der Waals surface area (Å²) in [4.78, 5) is 12.0. The van der Waals surface area contributed by atoms with Gasteiger partial charge in [0.25, 0.3) is 5.91 Å². The number of anilines is 1. The van der Waals surface area contributed by atoms with E-state index in [0.717, 1.165) is 16.4 Å². The van der Waals surface area contributed by atoms with Crippen LogP contribution in [0.25, 0.3) is 0 Å². The lowest BCUT2D eigenvalue weighted by atomic mass is 10.2. The Bertz CT molecular complexity index is 930. The molecule has 2 rings (SSSR count). The Morgan fingerprint density at radius 1 is 1.15 bits per heavy atom. The van der Waals surface area contributed by atoms with E-state index in [-0.39, 0.29) is 28.5 Å². The first kappa shape index (κ1) is 19.8. The highest BCUT2D eigenvalue weighted by Gasteiger charge is 2.23. The van der Waals surface area contributed by atoms with Crippen LogP contribution in [0, 0.1) is 11.6 Å². The van der Waals surface area contributed by atoms with Gasteiger partial charge in [-0.2, -0.15) is 0 Å². The fourth-order valence-corrected chi connectivity index (χ4v) is 3.18. The number of hydrogen-bond donors (Lipinski definition) is 1. The summed E-state index contributed by atoms with van der Waals surface area (Å²) in [7, 11) is -1.10. The highest BCUT2D eigenvalue weighted by molar-refractivity contribution is 7.89. The van der Waals surface area contributed by atoms with Gasteiger partial charge in [-0.05, 0) is 37.3 Å². The molecular weight excluding hydrogens is 366 g/mol. The van der Waals surface area contributed by atoms with Crippen molar-refractivity contribution in [2.75, 3.05) is 26.0 Å². The third-order valence-corrected chi connectivity index (χ3v) is 5.27. The molecule has 0 fully saturated rings. The Kier molecular flexibility index (Phi) is 5.94. The van der Waals surface area contributed by atoms with E-state index in [2.05, 4.69) is 5.32 Å². The maximum Gasteiger partial charge on any atom is 0.258 e. The van der Waals surface area contributed by atoms with Crippen LogP contribution in [0.4, 0.5) is 14.5 Å². The molecule has 26 heavy (non-hydrogen) atoms. The fourth-order valence-electron chi connectivity index (χ4n) is 2.13. The SMILES string of the molecule is CCOc1ccc(NC(=O)c2ccc(F)cc2F)cc1S(=O)(=O)N(C)C. The number of ether oxygens (including phenoxy) is 1. The van der Waals surface area contributed by atoms with Gasteiger partial charge in [0.1, 0.15) is 22.3 Å². The van der Waals surface area contributed by atoms with E-state index in [1.807, 2.05) is 0 Å². The quantitative estimate of drug-likeness (QED) is 0.831. The number of nitrogens with one attached hydrogen (secondary N) is 1. The van der Waals surface area contributed by atoms with Crippen LogP contribution in [0.3, 0.4) is 0 Å². The molecule has 140 valence electrons. The minimum absolute atomic E-state index is 0.127. The van der Waals surface area contributed by atoms with E-state index in [9.17, 15) is 22.0 Å². The molecule has 2 aromatic carbocycles. The molecule has 1 N–H and O–H groups in total. The van der Waals surface area contributed by atoms with Gasteiger partial charge >= 0.3 is 0 Å². The van der Waals surface area contributed by atoms with Crippen molar-refractivity contribution in [3.05, 3.63) is 53.6 Å². The normalized spacial score (nSPS) is 11.5. The van der Waals surface area contributed by atoms with Crippen LogP contribution < -0.4 is 10.1 Å². The van der Waals surface area contributed by atoms with Crippen LogP contribution in [0.1, 0.15) is 17.3 Å². The molecule has 0 atom stereocenters. The standard InChI is InChI=1S/C17H18F2N2O4S/c1-4-25-15-8-6-12(10-16(15)26(23,24)21(2)3)20-17(22)13-7-5-11(18)9-14(13)19/h5-10H,4H2,1-3H3,(H,20,22). The van der Waals surface area contributed by atoms with Gasteiger partial charge < -0.3 is 10.1 Å². The molecule has 0 aliphatic rings. The van der Waals surface area contributed by atoms with Crippen molar-refractivity contribution in [2.45, 2.75) is 11.8 Å². The molecule has 0 aromatic heterocycles. The highest BCUT2D eigenvalue weighted by atomic mass is 32.2. The van der Waals surface area contributed by atoms with Gasteiger partial charge in [0, 0.05) is 25.8 Å². The van der Waals surface area contributed by atoms with Gasteiger partial charge in [0.05, 0.1) is 12.2 Å². The summed E-state index contributed by atoms with van der Waals surface area (Å²) in [6, 6.07) is 6.61. The zero-order valence-electron chi connectivity index (χ0n) is 14.4. The first-order valence-electron chi connectivity index (χ1n) is 7.62. The number of halogens is 2. The molecule has 0 aliphatic carbocycles. The Labute approximate surface area is 150 Å². The maximum absolute atomic E-state index is 13.7. The number of benzene rings is 2. The maximum atomic E-state index is 13.7. The van der Waals surface area contributed by atoms with Crippen LogP contribution in [0.2, 0.25) is 0 Å². The van der Waals surface area contributed by atoms with Crippen molar-refractivity contribution >= 4 is 21.6 Å². The molecule has 0 spiro atoms. The number of rotatable bonds is 6. The van der Waals surface area contributed by atoms with E-state index in [4.69, 9.17) is 4.74 Å². The molecule has 2 aromatic rings. The summed E-state index contributed by atoms with van der Waals surface area (Å²) >= 11 is 0. The first-order valence-corrected chi connectivity index (χ1v) is 9.06. The van der Waals surface area contributed by atoms with Crippen LogP contribution in [-0.4, -0.2) is 39.3 Å². The minimum atomic E-state index is -3.83. The first-order chi connectivity index (χ1) is 12.2. The molecule has 9 heteroatoms. The molecule has 0 bridgehead atoms. The predicted molar refractivity (Wildman–Crippen MR) is 92.8 cm³/mol. The van der Waals surface area contributed by atoms with Crippen molar-refractivity contribution in [3.8, 4) is 5.75 Å². The second-order valence-corrected chi connectivity index (χ2v) is 7.58. The molecule has 0 heterocycles. The zero-order valence-corrected chi connectivity index (χ0v) is 15.2. The third kappa shape index (κ3) is 4.17. The largest absolute Gasteiger partial charge is 0.492 e. The number of sulfonamides is 1. The number of carbonyl (C=O) groups is 1. The van der Waals surface area contributed by atoms with Gasteiger partial charge in [0.15, 0.2) is 0 Å². The minimum Gasteiger partial charge on any atom is -0.492 e. The van der Waals surface area contributed by atoms with Crippen LogP contribution >= 0.6 is 0 Å². The summed E-state index contributed by atoms with van der Waals surface area (Å²) < 4.78 is 57.9. The number of amides is 1. The molecule has 6 nitrogen and oxygen atoms in total. The molecule has 1 amide bonds. The number of carbonyl (C=O) groups excluding carboxylic acids is 1. The molecule has 0 unspecified atom stereocenters. The Balaban J connectivity index is 2.40. The van der Waals surface area contributed by atoms with Gasteiger partial charge in [-0.15, -0.1) is 0 Å². The van der Waals surface area contributed by atoms with Gasteiger partial charge in [-0.25, -0.2) is 21.5 Å². The third-order valence-electron chi connectivity index (χ3n) is 3.44. The van der Waals surface area contributed by atoms with Crippen LogP contribution in [0.15, 0.2) is 41.3 Å². The molecule has 0 saturated carbocycles. The van der Waals surface area contributed by atoms with Crippen molar-refractivity contribution in [2.24, 2.45) is 0 Å². The summed E-state index contributed by atoms with van der Waals surface area (Å²) in [5.74, 6) is -2.53. The van der Waals surface area contributed by atoms with Gasteiger partial charge in [-0.3, -0.25) is 4.79 Å². The van der Waals surface area contributed by atoms with Gasteiger partial charge in [0.2, 0.25) is 10.0 Å². The number of nitrogens with zero attached hydrogens (tertiary/aromatic N) is 1. The lowest BCUT2D eigenvalue weighted by molar-refractivity contribution is 0.102.